The molecular formula is C28H39FN2O3S. The monoisotopic (exact) mass is 502 g/mol. The van der Waals surface area contributed by atoms with Gasteiger partial charge in [0.25, 0.3) is 0 Å². The highest BCUT2D eigenvalue weighted by atomic mass is 32.2. The van der Waals surface area contributed by atoms with Gasteiger partial charge in [0, 0.05) is 42.1 Å². The van der Waals surface area contributed by atoms with Crippen molar-refractivity contribution in [2.75, 3.05) is 32.5 Å². The second kappa shape index (κ2) is 12.9. The van der Waals surface area contributed by atoms with E-state index in [9.17, 15) is 9.90 Å². The molecule has 1 saturated heterocycles. The lowest BCUT2D eigenvalue weighted by Crippen LogP contribution is -2.41. The van der Waals surface area contributed by atoms with Crippen LogP contribution in [0.3, 0.4) is 0 Å². The van der Waals surface area contributed by atoms with Gasteiger partial charge in [0.1, 0.15) is 11.9 Å². The molecule has 1 saturated carbocycles. The molecule has 2 aliphatic rings. The Balaban J connectivity index is 1.34. The molecule has 1 aliphatic carbocycles. The third-order valence-corrected chi connectivity index (χ3v) is 9.24. The topological polar surface area (TPSA) is 62.7 Å². The van der Waals surface area contributed by atoms with Crippen molar-refractivity contribution in [1.82, 2.24) is 9.88 Å². The Labute approximate surface area is 212 Å². The van der Waals surface area contributed by atoms with Crippen molar-refractivity contribution in [3.63, 3.8) is 0 Å². The highest BCUT2D eigenvalue weighted by Gasteiger charge is 2.30. The van der Waals surface area contributed by atoms with Gasteiger partial charge in [0.05, 0.1) is 12.6 Å². The van der Waals surface area contributed by atoms with E-state index < -0.39 is 12.1 Å². The first-order valence-electron chi connectivity index (χ1n) is 13.2. The van der Waals surface area contributed by atoms with Gasteiger partial charge in [0.2, 0.25) is 0 Å². The second-order valence-electron chi connectivity index (χ2n) is 10.1. The Morgan fingerprint density at radius 2 is 2.06 bits per heavy atom. The maximum atomic E-state index is 15.5. The molecule has 192 valence electrons. The van der Waals surface area contributed by atoms with Crippen LogP contribution in [0.4, 0.5) is 4.39 Å². The molecule has 5 nitrogen and oxygen atoms in total. The average Bonchev–Trinajstić information content (AvgIpc) is 3.39. The number of carbonyl (C=O) groups is 1. The van der Waals surface area contributed by atoms with E-state index >= 15 is 4.39 Å². The molecule has 35 heavy (non-hydrogen) atoms. The zero-order valence-corrected chi connectivity index (χ0v) is 21.6. The fourth-order valence-electron chi connectivity index (χ4n) is 5.84. The number of pyridine rings is 1. The van der Waals surface area contributed by atoms with Gasteiger partial charge in [0.15, 0.2) is 0 Å². The number of fused-ring (bicyclic) bond motifs is 1. The summed E-state index contributed by atoms with van der Waals surface area (Å²) in [7, 11) is 1.61. The van der Waals surface area contributed by atoms with E-state index in [4.69, 9.17) is 4.74 Å². The summed E-state index contributed by atoms with van der Waals surface area (Å²) in [5.41, 5.74) is 1.44. The molecule has 3 atom stereocenters. The number of hydrogen-bond acceptors (Lipinski definition) is 5. The number of ether oxygens (including phenoxy) is 1. The van der Waals surface area contributed by atoms with Crippen molar-refractivity contribution in [2.24, 2.45) is 11.8 Å². The number of rotatable bonds is 12. The summed E-state index contributed by atoms with van der Waals surface area (Å²) in [6, 6.07) is 7.35. The van der Waals surface area contributed by atoms with Crippen LogP contribution in [0.1, 0.15) is 69.5 Å². The molecule has 2 heterocycles. The molecule has 0 bridgehead atoms. The molecule has 0 radical (unpaired) electrons. The molecule has 1 N–H and O–H groups in total. The first-order chi connectivity index (χ1) is 17.0. The molecular weight excluding hydrogens is 463 g/mol. The zero-order valence-electron chi connectivity index (χ0n) is 20.8. The van der Waals surface area contributed by atoms with Gasteiger partial charge >= 0.3 is 5.97 Å². The van der Waals surface area contributed by atoms with Gasteiger partial charge in [-0.25, -0.2) is 4.39 Å². The molecule has 1 aliphatic heterocycles. The van der Waals surface area contributed by atoms with Crippen molar-refractivity contribution < 1.29 is 19.0 Å². The largest absolute Gasteiger partial charge is 0.497 e. The summed E-state index contributed by atoms with van der Waals surface area (Å²) in [6.45, 7) is 3.05. The van der Waals surface area contributed by atoms with E-state index in [-0.39, 0.29) is 6.42 Å². The number of methoxy groups -OCH3 is 1. The van der Waals surface area contributed by atoms with Crippen LogP contribution in [0.5, 0.6) is 5.75 Å². The SMILES string of the molecule is COc1ccc2nccc([C@@H](F)CCC3CCN(CCSC4CCCC4)CC3CCC(=O)O)c2c1. The maximum Gasteiger partial charge on any atom is 0.303 e. The van der Waals surface area contributed by atoms with Crippen molar-refractivity contribution in [2.45, 2.75) is 69.2 Å². The summed E-state index contributed by atoms with van der Waals surface area (Å²) >= 11 is 2.11. The van der Waals surface area contributed by atoms with E-state index in [0.29, 0.717) is 36.0 Å². The van der Waals surface area contributed by atoms with Crippen molar-refractivity contribution in [1.29, 1.82) is 0 Å². The first kappa shape index (κ1) is 26.2. The highest BCUT2D eigenvalue weighted by molar-refractivity contribution is 7.99. The summed E-state index contributed by atoms with van der Waals surface area (Å²) in [6.07, 6.45) is 9.19. The third kappa shape index (κ3) is 7.32. The van der Waals surface area contributed by atoms with Crippen LogP contribution in [-0.2, 0) is 4.79 Å². The minimum atomic E-state index is -1.08. The predicted octanol–water partition coefficient (Wildman–Crippen LogP) is 6.51. The van der Waals surface area contributed by atoms with E-state index in [0.717, 1.165) is 54.4 Å². The Hall–Kier alpha value is -1.86. The van der Waals surface area contributed by atoms with Crippen molar-refractivity contribution in [3.8, 4) is 5.75 Å². The Morgan fingerprint density at radius 1 is 1.23 bits per heavy atom. The Kier molecular flexibility index (Phi) is 9.67. The number of alkyl halides is 1. The maximum absolute atomic E-state index is 15.5. The number of carboxylic acids is 1. The van der Waals surface area contributed by atoms with E-state index in [2.05, 4.69) is 21.6 Å². The smallest absolute Gasteiger partial charge is 0.303 e. The van der Waals surface area contributed by atoms with Crippen LogP contribution >= 0.6 is 11.8 Å². The van der Waals surface area contributed by atoms with Crippen LogP contribution in [0.2, 0.25) is 0 Å². The number of carboxylic acid groups (broad SMARTS) is 1. The van der Waals surface area contributed by atoms with Gasteiger partial charge in [-0.3, -0.25) is 9.78 Å². The number of hydrogen-bond donors (Lipinski definition) is 1. The lowest BCUT2D eigenvalue weighted by molar-refractivity contribution is -0.137. The molecule has 4 rings (SSSR count). The third-order valence-electron chi connectivity index (χ3n) is 7.88. The van der Waals surface area contributed by atoms with E-state index in [1.54, 1.807) is 19.4 Å². The minimum absolute atomic E-state index is 0.194. The number of piperidine rings is 1. The normalized spacial score (nSPS) is 22.5. The van der Waals surface area contributed by atoms with Gasteiger partial charge < -0.3 is 14.7 Å². The molecule has 7 heteroatoms. The average molecular weight is 503 g/mol. The molecule has 2 fully saturated rings. The van der Waals surface area contributed by atoms with Crippen LogP contribution in [0, 0.1) is 11.8 Å². The fourth-order valence-corrected chi connectivity index (χ4v) is 7.20. The van der Waals surface area contributed by atoms with Crippen LogP contribution in [0.25, 0.3) is 10.9 Å². The summed E-state index contributed by atoms with van der Waals surface area (Å²) in [5, 5.41) is 10.9. The van der Waals surface area contributed by atoms with Crippen molar-refractivity contribution >= 4 is 28.6 Å². The van der Waals surface area contributed by atoms with Gasteiger partial charge in [-0.2, -0.15) is 11.8 Å². The molecule has 0 amide bonds. The lowest BCUT2D eigenvalue weighted by atomic mass is 9.79. The molecule has 2 aromatic rings. The number of thioether (sulfide) groups is 1. The first-order valence-corrected chi connectivity index (χ1v) is 14.2. The predicted molar refractivity (Wildman–Crippen MR) is 141 cm³/mol. The molecule has 1 aromatic carbocycles. The van der Waals surface area contributed by atoms with Crippen LogP contribution < -0.4 is 4.74 Å². The van der Waals surface area contributed by atoms with Gasteiger partial charge in [-0.1, -0.05) is 12.8 Å². The second-order valence-corrected chi connectivity index (χ2v) is 11.6. The number of nitrogens with zero attached hydrogens (tertiary/aromatic N) is 2. The minimum Gasteiger partial charge on any atom is -0.497 e. The van der Waals surface area contributed by atoms with Gasteiger partial charge in [-0.05, 0) is 86.7 Å². The van der Waals surface area contributed by atoms with E-state index in [1.807, 2.05) is 18.2 Å². The lowest BCUT2D eigenvalue weighted by Gasteiger charge is -2.39. The molecule has 1 aromatic heterocycles. The Bertz CT molecular complexity index is 968. The Morgan fingerprint density at radius 3 is 2.83 bits per heavy atom. The number of aliphatic carboxylic acids is 1. The summed E-state index contributed by atoms with van der Waals surface area (Å²) in [4.78, 5) is 18.2. The van der Waals surface area contributed by atoms with Crippen molar-refractivity contribution in [3.05, 3.63) is 36.0 Å². The van der Waals surface area contributed by atoms with Crippen LogP contribution in [-0.4, -0.2) is 58.7 Å². The fraction of sp³-hybridized carbons (Fsp3) is 0.643. The number of likely N-dealkylation sites (tertiary alicyclic amines) is 1. The number of halogens is 1. The highest BCUT2D eigenvalue weighted by Crippen LogP contribution is 2.37. The number of aromatic nitrogens is 1. The number of benzene rings is 1. The van der Waals surface area contributed by atoms with Crippen LogP contribution in [0.15, 0.2) is 30.5 Å². The standard InChI is InChI=1S/C28H39FN2O3S/c1-34-22-8-10-27-25(18-22)24(12-14-30-27)26(29)9-6-20-13-15-31(19-21(20)7-11-28(32)33)16-17-35-23-4-2-3-5-23/h8,10,12,14,18,20-21,23,26H,2-7,9,11,13,15-17,19H2,1H3,(H,32,33)/t20?,21?,26-/m0/s1. The zero-order chi connectivity index (χ0) is 24.6. The summed E-state index contributed by atoms with van der Waals surface area (Å²) < 4.78 is 20.8. The van der Waals surface area contributed by atoms with E-state index in [1.165, 1.54) is 25.7 Å². The summed E-state index contributed by atoms with van der Waals surface area (Å²) in [5.74, 6) is 1.81. The molecule has 2 unspecified atom stereocenters. The molecule has 0 spiro atoms. The van der Waals surface area contributed by atoms with Gasteiger partial charge in [-0.15, -0.1) is 0 Å². The quantitative estimate of drug-likeness (QED) is 0.357.